The molecule has 2 heterocycles. The molecule has 2 aliphatic heterocycles. The molecule has 0 radical (unpaired) electrons. The highest BCUT2D eigenvalue weighted by molar-refractivity contribution is 8.26. The van der Waals surface area contributed by atoms with Gasteiger partial charge in [0, 0.05) is 11.6 Å². The van der Waals surface area contributed by atoms with Crippen molar-refractivity contribution in [3.8, 4) is 5.75 Å². The zero-order chi connectivity index (χ0) is 16.7. The summed E-state index contributed by atoms with van der Waals surface area (Å²) in [7, 11) is 0. The van der Waals surface area contributed by atoms with Crippen molar-refractivity contribution < 1.29 is 9.53 Å². The van der Waals surface area contributed by atoms with Gasteiger partial charge in [0.15, 0.2) is 0 Å². The first-order valence-corrected chi connectivity index (χ1v) is 9.60. The highest BCUT2D eigenvalue weighted by atomic mass is 32.2. The summed E-state index contributed by atoms with van der Waals surface area (Å²) >= 11 is 6.89. The van der Waals surface area contributed by atoms with E-state index in [0.29, 0.717) is 9.23 Å². The lowest BCUT2D eigenvalue weighted by Gasteiger charge is -2.23. The Morgan fingerprint density at radius 2 is 2.04 bits per heavy atom. The van der Waals surface area contributed by atoms with Gasteiger partial charge in [0.2, 0.25) is 0 Å². The van der Waals surface area contributed by atoms with Crippen molar-refractivity contribution >= 4 is 40.3 Å². The number of hydrogen-bond donors (Lipinski definition) is 0. The van der Waals surface area contributed by atoms with Crippen molar-refractivity contribution in [1.29, 1.82) is 0 Å². The first kappa shape index (κ1) is 15.9. The topological polar surface area (TPSA) is 29.5 Å². The fraction of sp³-hybridized carbons (Fsp3) is 0.368. The maximum absolute atomic E-state index is 12.8. The van der Waals surface area contributed by atoms with E-state index in [1.54, 1.807) is 0 Å². The quantitative estimate of drug-likeness (QED) is 0.574. The van der Waals surface area contributed by atoms with Crippen LogP contribution < -0.4 is 4.74 Å². The lowest BCUT2D eigenvalue weighted by Crippen LogP contribution is -2.36. The second-order valence-electron chi connectivity index (χ2n) is 6.43. The van der Waals surface area contributed by atoms with Gasteiger partial charge in [-0.2, -0.15) is 0 Å². The van der Waals surface area contributed by atoms with Crippen LogP contribution in [-0.4, -0.2) is 27.3 Å². The van der Waals surface area contributed by atoms with E-state index in [4.69, 9.17) is 17.0 Å². The molecular weight excluding hydrogens is 338 g/mol. The minimum Gasteiger partial charge on any atom is -0.485 e. The molecule has 1 saturated heterocycles. The molecule has 1 saturated carbocycles. The Morgan fingerprint density at radius 1 is 1.29 bits per heavy atom. The van der Waals surface area contributed by atoms with Gasteiger partial charge in [0.1, 0.15) is 16.2 Å². The SMILES string of the molecule is C[C@H]1Oc2ccccc2C=C1/C=C1/SC(=S)N(C2CCCC2)C1=O. The normalized spacial score (nSPS) is 25.9. The van der Waals surface area contributed by atoms with Crippen LogP contribution in [0.15, 0.2) is 40.8 Å². The van der Waals surface area contributed by atoms with Crippen molar-refractivity contribution in [3.63, 3.8) is 0 Å². The molecule has 0 spiro atoms. The van der Waals surface area contributed by atoms with Crippen molar-refractivity contribution in [3.05, 3.63) is 46.4 Å². The molecule has 24 heavy (non-hydrogen) atoms. The van der Waals surface area contributed by atoms with Gasteiger partial charge in [0.05, 0.1) is 4.91 Å². The molecule has 2 fully saturated rings. The Morgan fingerprint density at radius 3 is 2.83 bits per heavy atom. The average molecular weight is 358 g/mol. The molecule has 5 heteroatoms. The highest BCUT2D eigenvalue weighted by Crippen LogP contribution is 2.39. The number of benzene rings is 1. The van der Waals surface area contributed by atoms with Crippen LogP contribution in [0.25, 0.3) is 6.08 Å². The van der Waals surface area contributed by atoms with Crippen molar-refractivity contribution in [2.24, 2.45) is 0 Å². The maximum atomic E-state index is 12.8. The van der Waals surface area contributed by atoms with Gasteiger partial charge in [-0.25, -0.2) is 0 Å². The monoisotopic (exact) mass is 357 g/mol. The third-order valence-electron chi connectivity index (χ3n) is 4.83. The third-order valence-corrected chi connectivity index (χ3v) is 6.16. The summed E-state index contributed by atoms with van der Waals surface area (Å²) in [6, 6.07) is 8.25. The number of para-hydroxylation sites is 1. The van der Waals surface area contributed by atoms with Gasteiger partial charge in [-0.15, -0.1) is 0 Å². The Kier molecular flexibility index (Phi) is 4.22. The van der Waals surface area contributed by atoms with Gasteiger partial charge in [-0.1, -0.05) is 55.0 Å². The van der Waals surface area contributed by atoms with Crippen LogP contribution in [0.2, 0.25) is 0 Å². The number of rotatable bonds is 2. The number of carbonyl (C=O) groups excluding carboxylic acids is 1. The van der Waals surface area contributed by atoms with Crippen LogP contribution in [0.5, 0.6) is 5.75 Å². The second-order valence-corrected chi connectivity index (χ2v) is 8.11. The number of thiocarbonyl (C=S) groups is 1. The number of carbonyl (C=O) groups is 1. The first-order chi connectivity index (χ1) is 11.6. The van der Waals surface area contributed by atoms with Crippen LogP contribution >= 0.6 is 24.0 Å². The molecule has 124 valence electrons. The molecule has 1 aromatic carbocycles. The molecule has 0 unspecified atom stereocenters. The van der Waals surface area contributed by atoms with Gasteiger partial charge in [0.25, 0.3) is 5.91 Å². The Bertz CT molecular complexity index is 762. The van der Waals surface area contributed by atoms with E-state index in [0.717, 1.165) is 29.7 Å². The largest absolute Gasteiger partial charge is 0.485 e. The molecule has 0 N–H and O–H groups in total. The predicted octanol–water partition coefficient (Wildman–Crippen LogP) is 4.54. The Balaban J connectivity index is 1.63. The molecule has 4 rings (SSSR count). The van der Waals surface area contributed by atoms with E-state index in [-0.39, 0.29) is 18.1 Å². The summed E-state index contributed by atoms with van der Waals surface area (Å²) in [5, 5.41) is 0. The summed E-state index contributed by atoms with van der Waals surface area (Å²) in [5.41, 5.74) is 2.06. The van der Waals surface area contributed by atoms with Crippen molar-refractivity contribution in [1.82, 2.24) is 4.90 Å². The summed E-state index contributed by atoms with van der Waals surface area (Å²) in [6.07, 6.45) is 8.49. The molecule has 1 aliphatic carbocycles. The lowest BCUT2D eigenvalue weighted by atomic mass is 10.0. The van der Waals surface area contributed by atoms with Crippen LogP contribution in [0.3, 0.4) is 0 Å². The minimum absolute atomic E-state index is 0.0591. The van der Waals surface area contributed by atoms with Gasteiger partial charge in [-0.3, -0.25) is 9.69 Å². The number of ether oxygens (including phenoxy) is 1. The minimum atomic E-state index is -0.0742. The Labute approximate surface area is 151 Å². The number of nitrogens with zero attached hydrogens (tertiary/aromatic N) is 1. The summed E-state index contributed by atoms with van der Waals surface area (Å²) in [6.45, 7) is 2.01. The fourth-order valence-corrected chi connectivity index (χ4v) is 4.93. The van der Waals surface area contributed by atoms with Gasteiger partial charge < -0.3 is 4.74 Å². The van der Waals surface area contributed by atoms with E-state index in [2.05, 4.69) is 6.08 Å². The van der Waals surface area contributed by atoms with Crippen LogP contribution in [0.4, 0.5) is 0 Å². The summed E-state index contributed by atoms with van der Waals surface area (Å²) < 4.78 is 6.66. The van der Waals surface area contributed by atoms with E-state index < -0.39 is 0 Å². The smallest absolute Gasteiger partial charge is 0.266 e. The van der Waals surface area contributed by atoms with Gasteiger partial charge in [-0.05, 0) is 43.6 Å². The van der Waals surface area contributed by atoms with Crippen molar-refractivity contribution in [2.45, 2.75) is 44.8 Å². The zero-order valence-corrected chi connectivity index (χ0v) is 15.2. The molecule has 3 nitrogen and oxygen atoms in total. The number of fused-ring (bicyclic) bond motifs is 1. The molecule has 0 bridgehead atoms. The predicted molar refractivity (Wildman–Crippen MR) is 102 cm³/mol. The number of amides is 1. The molecule has 1 atom stereocenters. The van der Waals surface area contributed by atoms with E-state index >= 15 is 0 Å². The van der Waals surface area contributed by atoms with E-state index in [9.17, 15) is 4.79 Å². The third kappa shape index (κ3) is 2.80. The van der Waals surface area contributed by atoms with Crippen LogP contribution in [0.1, 0.15) is 38.2 Å². The maximum Gasteiger partial charge on any atom is 0.266 e. The van der Waals surface area contributed by atoms with Crippen molar-refractivity contribution in [2.75, 3.05) is 0 Å². The molecular formula is C19H19NO2S2. The van der Waals surface area contributed by atoms with Crippen LogP contribution in [0, 0.1) is 0 Å². The average Bonchev–Trinajstić information content (AvgIpc) is 3.17. The van der Waals surface area contributed by atoms with E-state index in [1.807, 2.05) is 42.2 Å². The summed E-state index contributed by atoms with van der Waals surface area (Å²) in [4.78, 5) is 15.4. The lowest BCUT2D eigenvalue weighted by molar-refractivity contribution is -0.123. The number of thioether (sulfide) groups is 1. The Hall–Kier alpha value is -1.59. The second kappa shape index (κ2) is 6.37. The molecule has 1 amide bonds. The first-order valence-electron chi connectivity index (χ1n) is 8.38. The molecule has 0 aromatic heterocycles. The fourth-order valence-electron chi connectivity index (χ4n) is 3.53. The van der Waals surface area contributed by atoms with E-state index in [1.165, 1.54) is 24.6 Å². The summed E-state index contributed by atoms with van der Waals surface area (Å²) in [5.74, 6) is 0.949. The number of hydrogen-bond acceptors (Lipinski definition) is 4. The van der Waals surface area contributed by atoms with Gasteiger partial charge >= 0.3 is 0 Å². The standard InChI is InChI=1S/C19H19NO2S2/c1-12-14(10-13-6-2-5-9-16(13)22-12)11-17-18(21)20(19(23)24-17)15-7-3-4-8-15/h2,5-6,9-12,15H,3-4,7-8H2,1H3/b17-11+/t12-/m1/s1. The van der Waals surface area contributed by atoms with Crippen LogP contribution in [-0.2, 0) is 4.79 Å². The molecule has 1 aromatic rings. The zero-order valence-electron chi connectivity index (χ0n) is 13.5. The highest BCUT2D eigenvalue weighted by Gasteiger charge is 2.38. The molecule has 3 aliphatic rings.